The lowest BCUT2D eigenvalue weighted by molar-refractivity contribution is -0.130. The molecule has 0 radical (unpaired) electrons. The van der Waals surface area contributed by atoms with E-state index in [2.05, 4.69) is 10.1 Å². The van der Waals surface area contributed by atoms with E-state index in [-0.39, 0.29) is 25.2 Å². The number of ether oxygens (including phenoxy) is 1. The number of methoxy groups -OCH3 is 1. The lowest BCUT2D eigenvalue weighted by atomic mass is 10.1. The van der Waals surface area contributed by atoms with Gasteiger partial charge in [-0.15, -0.1) is 0 Å². The number of Topliss-reactive ketones (excluding diaryl/α,β-unsaturated/α-hetero) is 1. The zero-order valence-electron chi connectivity index (χ0n) is 9.62. The molecular formula is C10H18N2O4. The Hall–Kier alpha value is -1.43. The normalized spacial score (nSPS) is 11.9. The Morgan fingerprint density at radius 3 is 2.44 bits per heavy atom. The highest BCUT2D eigenvalue weighted by Crippen LogP contribution is 2.00. The van der Waals surface area contributed by atoms with E-state index in [0.29, 0.717) is 6.42 Å². The Morgan fingerprint density at radius 1 is 1.38 bits per heavy atom. The van der Waals surface area contributed by atoms with Crippen molar-refractivity contribution >= 4 is 17.6 Å². The molecule has 0 unspecified atom stereocenters. The summed E-state index contributed by atoms with van der Waals surface area (Å²) in [6.07, 6.45) is 0.881. The first kappa shape index (κ1) is 14.6. The van der Waals surface area contributed by atoms with Gasteiger partial charge in [-0.1, -0.05) is 6.92 Å². The van der Waals surface area contributed by atoms with Crippen LogP contribution < -0.4 is 11.1 Å². The number of hydrogen-bond donors (Lipinski definition) is 2. The average molecular weight is 230 g/mol. The molecule has 0 rings (SSSR count). The van der Waals surface area contributed by atoms with Crippen LogP contribution in [0.2, 0.25) is 0 Å². The first-order valence-electron chi connectivity index (χ1n) is 5.10. The molecule has 92 valence electrons. The Kier molecular flexibility index (Phi) is 7.11. The largest absolute Gasteiger partial charge is 0.375 e. The molecule has 0 bridgehead atoms. The second kappa shape index (κ2) is 7.81. The van der Waals surface area contributed by atoms with Gasteiger partial charge in [0.15, 0.2) is 0 Å². The van der Waals surface area contributed by atoms with Gasteiger partial charge in [0.2, 0.25) is 11.8 Å². The van der Waals surface area contributed by atoms with Gasteiger partial charge in [-0.2, -0.15) is 0 Å². The third-order valence-electron chi connectivity index (χ3n) is 2.06. The van der Waals surface area contributed by atoms with E-state index in [4.69, 9.17) is 5.73 Å². The minimum atomic E-state index is -0.807. The molecule has 0 saturated carbocycles. The van der Waals surface area contributed by atoms with Crippen molar-refractivity contribution < 1.29 is 19.1 Å². The monoisotopic (exact) mass is 230 g/mol. The van der Waals surface area contributed by atoms with E-state index >= 15 is 0 Å². The van der Waals surface area contributed by atoms with Gasteiger partial charge in [0.1, 0.15) is 18.4 Å². The van der Waals surface area contributed by atoms with Gasteiger partial charge in [0.25, 0.3) is 0 Å². The summed E-state index contributed by atoms with van der Waals surface area (Å²) in [6, 6.07) is -0.807. The summed E-state index contributed by atoms with van der Waals surface area (Å²) in [6.45, 7) is 1.61. The van der Waals surface area contributed by atoms with Gasteiger partial charge in [-0.3, -0.25) is 14.4 Å². The lowest BCUT2D eigenvalue weighted by Crippen LogP contribution is -2.45. The number of amides is 2. The molecule has 16 heavy (non-hydrogen) atoms. The lowest BCUT2D eigenvalue weighted by Gasteiger charge is -2.14. The summed E-state index contributed by atoms with van der Waals surface area (Å²) in [5, 5.41) is 2.41. The minimum absolute atomic E-state index is 0.0345. The standard InChI is InChI=1S/C10H18N2O4/c1-3-7(13)4-5-8(10(11)15)12-9(14)6-16-2/h8H,3-6H2,1-2H3,(H2,11,15)(H,12,14)/t8-/m0/s1. The molecule has 0 aromatic carbocycles. The highest BCUT2D eigenvalue weighted by molar-refractivity contribution is 5.87. The van der Waals surface area contributed by atoms with E-state index in [9.17, 15) is 14.4 Å². The second-order valence-corrected chi connectivity index (χ2v) is 3.39. The highest BCUT2D eigenvalue weighted by Gasteiger charge is 2.18. The van der Waals surface area contributed by atoms with Gasteiger partial charge < -0.3 is 15.8 Å². The van der Waals surface area contributed by atoms with Crippen molar-refractivity contribution in [1.29, 1.82) is 0 Å². The molecule has 0 saturated heterocycles. The van der Waals surface area contributed by atoms with Crippen LogP contribution in [0.3, 0.4) is 0 Å². The van der Waals surface area contributed by atoms with Crippen LogP contribution in [0, 0.1) is 0 Å². The first-order valence-corrected chi connectivity index (χ1v) is 5.10. The Morgan fingerprint density at radius 2 is 2.00 bits per heavy atom. The summed E-state index contributed by atoms with van der Waals surface area (Å²) < 4.78 is 4.60. The topological polar surface area (TPSA) is 98.5 Å². The third-order valence-corrected chi connectivity index (χ3v) is 2.06. The number of nitrogens with two attached hydrogens (primary N) is 1. The molecule has 6 nitrogen and oxygen atoms in total. The minimum Gasteiger partial charge on any atom is -0.375 e. The maximum Gasteiger partial charge on any atom is 0.246 e. The molecule has 0 aliphatic carbocycles. The molecule has 0 aliphatic heterocycles. The van der Waals surface area contributed by atoms with Gasteiger partial charge in [0.05, 0.1) is 0 Å². The van der Waals surface area contributed by atoms with Crippen molar-refractivity contribution in [2.24, 2.45) is 5.73 Å². The van der Waals surface area contributed by atoms with Crippen LogP contribution in [0.4, 0.5) is 0 Å². The average Bonchev–Trinajstić information content (AvgIpc) is 2.23. The van der Waals surface area contributed by atoms with Crippen molar-refractivity contribution in [3.8, 4) is 0 Å². The molecule has 6 heteroatoms. The number of hydrogen-bond acceptors (Lipinski definition) is 4. The van der Waals surface area contributed by atoms with Crippen LogP contribution in [0.1, 0.15) is 26.2 Å². The second-order valence-electron chi connectivity index (χ2n) is 3.39. The summed E-state index contributed by atoms with van der Waals surface area (Å²) in [5.74, 6) is -1.03. The molecule has 0 aromatic heterocycles. The number of nitrogens with one attached hydrogen (secondary N) is 1. The molecular weight excluding hydrogens is 212 g/mol. The maximum absolute atomic E-state index is 11.1. The number of ketones is 1. The Labute approximate surface area is 94.5 Å². The fourth-order valence-corrected chi connectivity index (χ4v) is 1.13. The summed E-state index contributed by atoms with van der Waals surface area (Å²) in [7, 11) is 1.37. The SMILES string of the molecule is CCC(=O)CC[C@H](NC(=O)COC)C(N)=O. The van der Waals surface area contributed by atoms with Crippen LogP contribution >= 0.6 is 0 Å². The maximum atomic E-state index is 11.1. The summed E-state index contributed by atoms with van der Waals surface area (Å²) >= 11 is 0. The molecule has 1 atom stereocenters. The molecule has 3 N–H and O–H groups in total. The molecule has 0 aliphatic rings. The van der Waals surface area contributed by atoms with Crippen LogP contribution in [-0.2, 0) is 19.1 Å². The van der Waals surface area contributed by atoms with Crippen molar-refractivity contribution in [2.45, 2.75) is 32.2 Å². The Bertz CT molecular complexity index is 266. The zero-order valence-corrected chi connectivity index (χ0v) is 9.62. The Balaban J connectivity index is 4.12. The van der Waals surface area contributed by atoms with Gasteiger partial charge in [-0.25, -0.2) is 0 Å². The highest BCUT2D eigenvalue weighted by atomic mass is 16.5. The predicted molar refractivity (Wildman–Crippen MR) is 57.5 cm³/mol. The number of carbonyl (C=O) groups is 3. The van der Waals surface area contributed by atoms with E-state index in [0.717, 1.165) is 0 Å². The number of carbonyl (C=O) groups excluding carboxylic acids is 3. The van der Waals surface area contributed by atoms with Gasteiger partial charge in [0, 0.05) is 20.0 Å². The van der Waals surface area contributed by atoms with Crippen LogP contribution in [0.5, 0.6) is 0 Å². The fourth-order valence-electron chi connectivity index (χ4n) is 1.13. The number of primary amides is 1. The summed E-state index contributed by atoms with van der Waals surface area (Å²) in [4.78, 5) is 33.2. The molecule has 0 aromatic rings. The third kappa shape index (κ3) is 6.13. The molecule has 0 heterocycles. The van der Waals surface area contributed by atoms with E-state index < -0.39 is 17.9 Å². The van der Waals surface area contributed by atoms with Crippen LogP contribution in [0.15, 0.2) is 0 Å². The summed E-state index contributed by atoms with van der Waals surface area (Å²) in [5.41, 5.74) is 5.10. The van der Waals surface area contributed by atoms with Gasteiger partial charge in [-0.05, 0) is 6.42 Å². The van der Waals surface area contributed by atoms with Crippen LogP contribution in [0.25, 0.3) is 0 Å². The van der Waals surface area contributed by atoms with E-state index in [1.807, 2.05) is 0 Å². The first-order chi connectivity index (χ1) is 7.51. The zero-order chi connectivity index (χ0) is 12.6. The van der Waals surface area contributed by atoms with Crippen molar-refractivity contribution in [2.75, 3.05) is 13.7 Å². The molecule has 2 amide bonds. The van der Waals surface area contributed by atoms with Crippen molar-refractivity contribution in [3.05, 3.63) is 0 Å². The quantitative estimate of drug-likeness (QED) is 0.579. The van der Waals surface area contributed by atoms with Crippen molar-refractivity contribution in [3.63, 3.8) is 0 Å². The number of rotatable bonds is 8. The van der Waals surface area contributed by atoms with Crippen molar-refractivity contribution in [1.82, 2.24) is 5.32 Å². The fraction of sp³-hybridized carbons (Fsp3) is 0.700. The van der Waals surface area contributed by atoms with Gasteiger partial charge >= 0.3 is 0 Å². The van der Waals surface area contributed by atoms with Crippen LogP contribution in [-0.4, -0.2) is 37.4 Å². The molecule has 0 fully saturated rings. The van der Waals surface area contributed by atoms with E-state index in [1.165, 1.54) is 7.11 Å². The predicted octanol–water partition coefficient (Wildman–Crippen LogP) is -0.638. The van der Waals surface area contributed by atoms with E-state index in [1.54, 1.807) is 6.92 Å². The smallest absolute Gasteiger partial charge is 0.246 e. The molecule has 0 spiro atoms.